The average molecular weight is 339 g/mol. The van der Waals surface area contributed by atoms with Crippen LogP contribution in [-0.2, 0) is 16.6 Å². The number of hydrogen-bond donors (Lipinski definition) is 0. The van der Waals surface area contributed by atoms with Gasteiger partial charge in [-0.05, 0) is 6.42 Å². The molecule has 0 bridgehead atoms. The fraction of sp³-hybridized carbons (Fsp3) is 0.615. The Kier molecular flexibility index (Phi) is 4.21. The molecule has 0 saturated carbocycles. The minimum atomic E-state index is -3.36. The van der Waals surface area contributed by atoms with Crippen molar-refractivity contribution < 1.29 is 8.42 Å². The normalized spacial score (nSPS) is 17.3. The number of nitrogens with zero attached hydrogens (tertiary/aromatic N) is 7. The highest BCUT2D eigenvalue weighted by Crippen LogP contribution is 2.19. The van der Waals surface area contributed by atoms with Gasteiger partial charge in [0.1, 0.15) is 12.1 Å². The molecule has 126 valence electrons. The maximum atomic E-state index is 12.2. The molecule has 2 aromatic rings. The minimum absolute atomic E-state index is 0.445. The second-order valence-corrected chi connectivity index (χ2v) is 7.75. The summed E-state index contributed by atoms with van der Waals surface area (Å²) >= 11 is 0. The van der Waals surface area contributed by atoms with Crippen LogP contribution in [0, 0.1) is 0 Å². The van der Waals surface area contributed by atoms with E-state index in [0.717, 1.165) is 17.9 Å². The van der Waals surface area contributed by atoms with Crippen LogP contribution in [0.2, 0.25) is 0 Å². The van der Waals surface area contributed by atoms with Gasteiger partial charge < -0.3 is 4.90 Å². The van der Waals surface area contributed by atoms with E-state index in [9.17, 15) is 8.42 Å². The quantitative estimate of drug-likeness (QED) is 0.754. The van der Waals surface area contributed by atoms with Gasteiger partial charge in [-0.25, -0.2) is 4.98 Å². The summed E-state index contributed by atoms with van der Waals surface area (Å²) < 4.78 is 28.8. The Morgan fingerprint density at radius 3 is 2.52 bits per heavy atom. The van der Waals surface area contributed by atoms with E-state index in [1.807, 2.05) is 13.0 Å². The summed E-state index contributed by atoms with van der Waals surface area (Å²) in [5.41, 5.74) is 0.948. The topological polar surface area (TPSA) is 86.9 Å². The molecule has 1 fully saturated rings. The Labute approximate surface area is 135 Å². The van der Waals surface area contributed by atoms with Crippen molar-refractivity contribution in [2.45, 2.75) is 13.3 Å². The van der Waals surface area contributed by atoms with Crippen molar-refractivity contribution in [3.8, 4) is 0 Å². The van der Waals surface area contributed by atoms with E-state index in [-0.39, 0.29) is 0 Å². The summed E-state index contributed by atoms with van der Waals surface area (Å²) in [5, 5.41) is 4.23. The number of aromatic nitrogens is 4. The molecule has 0 aliphatic carbocycles. The number of rotatable bonds is 4. The molecular formula is C13H21N7O2S. The molecule has 2 aromatic heterocycles. The lowest BCUT2D eigenvalue weighted by Gasteiger charge is -2.36. The summed E-state index contributed by atoms with van der Waals surface area (Å²) in [4.78, 5) is 10.7. The first-order valence-corrected chi connectivity index (χ1v) is 8.95. The molecule has 9 nitrogen and oxygen atoms in total. The van der Waals surface area contributed by atoms with Gasteiger partial charge in [-0.1, -0.05) is 6.92 Å². The van der Waals surface area contributed by atoms with E-state index in [1.165, 1.54) is 14.9 Å². The summed E-state index contributed by atoms with van der Waals surface area (Å²) in [6, 6.07) is 2.00. The zero-order valence-corrected chi connectivity index (χ0v) is 14.4. The first kappa shape index (κ1) is 16.1. The highest BCUT2D eigenvalue weighted by atomic mass is 32.2. The maximum Gasteiger partial charge on any atom is 0.281 e. The van der Waals surface area contributed by atoms with Gasteiger partial charge in [0.15, 0.2) is 0 Å². The Morgan fingerprint density at radius 2 is 1.91 bits per heavy atom. The molecule has 0 amide bonds. The number of hydrogen-bond acceptors (Lipinski definition) is 6. The molecule has 0 unspecified atom stereocenters. The van der Waals surface area contributed by atoms with Crippen molar-refractivity contribution in [2.75, 3.05) is 45.2 Å². The molecule has 1 aliphatic heterocycles. The molecule has 0 radical (unpaired) electrons. The van der Waals surface area contributed by atoms with Crippen molar-refractivity contribution >= 4 is 21.8 Å². The maximum absolute atomic E-state index is 12.2. The van der Waals surface area contributed by atoms with Crippen LogP contribution in [0.1, 0.15) is 12.6 Å². The van der Waals surface area contributed by atoms with Crippen LogP contribution >= 0.6 is 0 Å². The molecule has 1 aliphatic rings. The molecule has 0 N–H and O–H groups in total. The highest BCUT2D eigenvalue weighted by Gasteiger charge is 2.29. The summed E-state index contributed by atoms with van der Waals surface area (Å²) in [6.45, 7) is 4.14. The summed E-state index contributed by atoms with van der Waals surface area (Å²) in [5.74, 6) is 1.48. The van der Waals surface area contributed by atoms with Gasteiger partial charge in [0.05, 0.1) is 0 Å². The monoisotopic (exact) mass is 339 g/mol. The van der Waals surface area contributed by atoms with Gasteiger partial charge in [-0.3, -0.25) is 0 Å². The van der Waals surface area contributed by atoms with E-state index >= 15 is 0 Å². The van der Waals surface area contributed by atoms with Crippen LogP contribution in [0.15, 0.2) is 12.4 Å². The smallest absolute Gasteiger partial charge is 0.281 e. The van der Waals surface area contributed by atoms with Gasteiger partial charge in [-0.15, -0.1) is 0 Å². The third-order valence-electron chi connectivity index (χ3n) is 4.00. The molecule has 3 heterocycles. The van der Waals surface area contributed by atoms with Gasteiger partial charge >= 0.3 is 0 Å². The number of aryl methyl sites for hydroxylation is 1. The number of piperazine rings is 1. The third kappa shape index (κ3) is 2.89. The second-order valence-electron chi connectivity index (χ2n) is 5.61. The van der Waals surface area contributed by atoms with Crippen LogP contribution in [0.4, 0.5) is 5.82 Å². The SMILES string of the molecule is CCc1cc(N2CCN(S(=O)(=O)N(C)C)CC2)n2ncnc2n1. The van der Waals surface area contributed by atoms with Crippen molar-refractivity contribution in [3.63, 3.8) is 0 Å². The fourth-order valence-electron chi connectivity index (χ4n) is 2.63. The van der Waals surface area contributed by atoms with Crippen LogP contribution in [0.5, 0.6) is 0 Å². The summed E-state index contributed by atoms with van der Waals surface area (Å²) in [7, 11) is -0.252. The van der Waals surface area contributed by atoms with Crippen LogP contribution < -0.4 is 4.90 Å². The molecule has 10 heteroatoms. The van der Waals surface area contributed by atoms with Crippen molar-refractivity contribution in [3.05, 3.63) is 18.1 Å². The lowest BCUT2D eigenvalue weighted by Crippen LogP contribution is -2.52. The number of fused-ring (bicyclic) bond motifs is 1. The van der Waals surface area contributed by atoms with Crippen LogP contribution in [0.3, 0.4) is 0 Å². The molecule has 1 saturated heterocycles. The van der Waals surface area contributed by atoms with E-state index in [2.05, 4.69) is 20.0 Å². The Bertz CT molecular complexity index is 794. The van der Waals surface area contributed by atoms with Gasteiger partial charge in [0.2, 0.25) is 0 Å². The molecular weight excluding hydrogens is 318 g/mol. The molecule has 23 heavy (non-hydrogen) atoms. The van der Waals surface area contributed by atoms with Gasteiger partial charge in [0.25, 0.3) is 16.0 Å². The van der Waals surface area contributed by atoms with Crippen LogP contribution in [-0.4, -0.2) is 76.9 Å². The Balaban J connectivity index is 1.84. The average Bonchev–Trinajstić information content (AvgIpc) is 3.02. The van der Waals surface area contributed by atoms with Crippen molar-refractivity contribution in [1.29, 1.82) is 0 Å². The highest BCUT2D eigenvalue weighted by molar-refractivity contribution is 7.86. The fourth-order valence-corrected chi connectivity index (χ4v) is 3.72. The van der Waals surface area contributed by atoms with Crippen molar-refractivity contribution in [1.82, 2.24) is 28.2 Å². The Hall–Kier alpha value is -1.78. The van der Waals surface area contributed by atoms with E-state index in [0.29, 0.717) is 32.0 Å². The predicted molar refractivity (Wildman–Crippen MR) is 86.6 cm³/mol. The number of anilines is 1. The Morgan fingerprint density at radius 1 is 1.22 bits per heavy atom. The zero-order valence-electron chi connectivity index (χ0n) is 13.5. The third-order valence-corrected chi connectivity index (χ3v) is 5.94. The first-order chi connectivity index (χ1) is 10.9. The standard InChI is InChI=1S/C13H21N7O2S/c1-4-11-9-12(20-13(16-11)14-10-15-20)18-5-7-19(8-6-18)23(21,22)17(2)3/h9-10H,4-8H2,1-3H3. The first-order valence-electron chi connectivity index (χ1n) is 7.55. The zero-order chi connectivity index (χ0) is 16.6. The predicted octanol–water partition coefficient (Wildman–Crippen LogP) is -0.385. The summed E-state index contributed by atoms with van der Waals surface area (Å²) in [6.07, 6.45) is 2.29. The molecule has 0 aromatic carbocycles. The van der Waals surface area contributed by atoms with E-state index < -0.39 is 10.2 Å². The van der Waals surface area contributed by atoms with Crippen LogP contribution in [0.25, 0.3) is 5.78 Å². The lowest BCUT2D eigenvalue weighted by molar-refractivity contribution is 0.354. The minimum Gasteiger partial charge on any atom is -0.354 e. The largest absolute Gasteiger partial charge is 0.354 e. The molecule has 0 spiro atoms. The van der Waals surface area contributed by atoms with E-state index in [1.54, 1.807) is 18.6 Å². The van der Waals surface area contributed by atoms with Gasteiger partial charge in [0, 0.05) is 52.0 Å². The lowest BCUT2D eigenvalue weighted by atomic mass is 10.3. The second kappa shape index (κ2) is 6.02. The molecule has 3 rings (SSSR count). The van der Waals surface area contributed by atoms with Crippen molar-refractivity contribution in [2.24, 2.45) is 0 Å². The van der Waals surface area contributed by atoms with E-state index in [4.69, 9.17) is 0 Å². The molecule has 0 atom stereocenters. The van der Waals surface area contributed by atoms with Gasteiger partial charge in [-0.2, -0.15) is 31.6 Å².